The Balaban J connectivity index is 1.71. The summed E-state index contributed by atoms with van der Waals surface area (Å²) in [6.45, 7) is 2.10. The first kappa shape index (κ1) is 17.6. The molecule has 136 valence electrons. The van der Waals surface area contributed by atoms with Gasteiger partial charge in [-0.2, -0.15) is 0 Å². The zero-order chi connectivity index (χ0) is 19.1. The first-order valence-corrected chi connectivity index (χ1v) is 10.0. The third-order valence-corrected chi connectivity index (χ3v) is 6.49. The number of amides is 2. The number of fused-ring (bicyclic) bond motifs is 2. The van der Waals surface area contributed by atoms with Crippen LogP contribution >= 0.6 is 23.1 Å². The monoisotopic (exact) mass is 399 g/mol. The summed E-state index contributed by atoms with van der Waals surface area (Å²) in [5.41, 5.74) is 1.26. The topological polar surface area (TPSA) is 93.4 Å². The minimum absolute atomic E-state index is 0.0535. The molecule has 4 rings (SSSR count). The smallest absolute Gasteiger partial charge is 0.268 e. The zero-order valence-corrected chi connectivity index (χ0v) is 15.8. The molecule has 27 heavy (non-hydrogen) atoms. The normalized spacial score (nSPS) is 13.4. The average molecular weight is 399 g/mol. The van der Waals surface area contributed by atoms with Gasteiger partial charge in [0.2, 0.25) is 0 Å². The standard InChI is InChI=1S/C18H13N3O4S2/c1-2-7-26-18-19-14-6-4-10(9-15(14)27-18)20-16(22)12-5-3-11(21(24)25)8-13(12)17(20)23/h3-6,8-9H,2,7H2,1H3. The van der Waals surface area contributed by atoms with Crippen molar-refractivity contribution < 1.29 is 14.5 Å². The summed E-state index contributed by atoms with van der Waals surface area (Å²) in [7, 11) is 0. The third-order valence-electron chi connectivity index (χ3n) is 4.12. The van der Waals surface area contributed by atoms with Crippen LogP contribution in [0.1, 0.15) is 34.1 Å². The van der Waals surface area contributed by atoms with E-state index in [1.807, 2.05) is 0 Å². The maximum Gasteiger partial charge on any atom is 0.270 e. The summed E-state index contributed by atoms with van der Waals surface area (Å²) in [5.74, 6) is -0.0540. The third kappa shape index (κ3) is 2.98. The Kier molecular flexibility index (Phi) is 4.40. The van der Waals surface area contributed by atoms with Gasteiger partial charge in [-0.25, -0.2) is 9.88 Å². The van der Waals surface area contributed by atoms with Gasteiger partial charge in [0.25, 0.3) is 17.5 Å². The lowest BCUT2D eigenvalue weighted by Gasteiger charge is -2.13. The largest absolute Gasteiger partial charge is 0.270 e. The molecular formula is C18H13N3O4S2. The molecule has 7 nitrogen and oxygen atoms in total. The predicted octanol–water partition coefficient (Wildman–Crippen LogP) is 4.51. The number of hydrogen-bond acceptors (Lipinski definition) is 7. The lowest BCUT2D eigenvalue weighted by atomic mass is 10.1. The Morgan fingerprint density at radius 3 is 2.67 bits per heavy atom. The number of hydrogen-bond donors (Lipinski definition) is 0. The van der Waals surface area contributed by atoms with E-state index in [1.165, 1.54) is 23.5 Å². The molecule has 0 bridgehead atoms. The van der Waals surface area contributed by atoms with E-state index in [2.05, 4.69) is 11.9 Å². The van der Waals surface area contributed by atoms with Crippen LogP contribution in [0.4, 0.5) is 11.4 Å². The van der Waals surface area contributed by atoms with Gasteiger partial charge in [-0.1, -0.05) is 18.7 Å². The van der Waals surface area contributed by atoms with Gasteiger partial charge in [-0.3, -0.25) is 19.7 Å². The van der Waals surface area contributed by atoms with Crippen LogP contribution < -0.4 is 4.90 Å². The number of anilines is 1. The highest BCUT2D eigenvalue weighted by molar-refractivity contribution is 8.01. The number of thiazole rings is 1. The van der Waals surface area contributed by atoms with Gasteiger partial charge in [-0.05, 0) is 30.7 Å². The molecule has 2 aromatic carbocycles. The number of aromatic nitrogens is 1. The Bertz CT molecular complexity index is 1110. The Hall–Kier alpha value is -2.78. The van der Waals surface area contributed by atoms with Crippen molar-refractivity contribution in [2.45, 2.75) is 17.7 Å². The Morgan fingerprint density at radius 2 is 1.93 bits per heavy atom. The second-order valence-corrected chi connectivity index (χ2v) is 8.29. The number of nitro benzene ring substituents is 1. The molecule has 1 aromatic heterocycles. The van der Waals surface area contributed by atoms with E-state index in [4.69, 9.17) is 0 Å². The highest BCUT2D eigenvalue weighted by Gasteiger charge is 2.38. The van der Waals surface area contributed by atoms with Gasteiger partial charge in [0.1, 0.15) is 0 Å². The van der Waals surface area contributed by atoms with E-state index >= 15 is 0 Å². The van der Waals surface area contributed by atoms with Crippen molar-refractivity contribution in [2.75, 3.05) is 10.7 Å². The van der Waals surface area contributed by atoms with Crippen LogP contribution in [0, 0.1) is 10.1 Å². The molecule has 0 aliphatic carbocycles. The number of thioether (sulfide) groups is 1. The van der Waals surface area contributed by atoms with Crippen molar-refractivity contribution in [3.63, 3.8) is 0 Å². The minimum Gasteiger partial charge on any atom is -0.268 e. The summed E-state index contributed by atoms with van der Waals surface area (Å²) in [4.78, 5) is 41.4. The Morgan fingerprint density at radius 1 is 1.15 bits per heavy atom. The molecule has 0 N–H and O–H groups in total. The average Bonchev–Trinajstić information content (AvgIpc) is 3.17. The molecule has 0 spiro atoms. The molecule has 2 amide bonds. The van der Waals surface area contributed by atoms with E-state index in [1.54, 1.807) is 30.0 Å². The molecule has 0 radical (unpaired) electrons. The van der Waals surface area contributed by atoms with Crippen LogP contribution in [0.15, 0.2) is 40.7 Å². The van der Waals surface area contributed by atoms with Gasteiger partial charge < -0.3 is 0 Å². The van der Waals surface area contributed by atoms with Crippen molar-refractivity contribution in [1.29, 1.82) is 0 Å². The summed E-state index contributed by atoms with van der Waals surface area (Å²) in [6, 6.07) is 8.94. The number of rotatable bonds is 5. The molecule has 0 atom stereocenters. The lowest BCUT2D eigenvalue weighted by molar-refractivity contribution is -0.384. The molecule has 2 heterocycles. The molecule has 0 saturated carbocycles. The molecule has 0 unspecified atom stereocenters. The number of nitro groups is 1. The van der Waals surface area contributed by atoms with Crippen LogP contribution in [0.25, 0.3) is 10.2 Å². The lowest BCUT2D eigenvalue weighted by Crippen LogP contribution is -2.29. The van der Waals surface area contributed by atoms with Gasteiger partial charge >= 0.3 is 0 Å². The molecule has 9 heteroatoms. The summed E-state index contributed by atoms with van der Waals surface area (Å²) >= 11 is 3.19. The number of non-ortho nitro benzene ring substituents is 1. The number of benzene rings is 2. The second-order valence-electron chi connectivity index (χ2n) is 5.91. The highest BCUT2D eigenvalue weighted by atomic mass is 32.2. The number of imide groups is 1. The summed E-state index contributed by atoms with van der Waals surface area (Å²) in [6.07, 6.45) is 1.05. The molecule has 1 aliphatic rings. The number of carbonyl (C=O) groups excluding carboxylic acids is 2. The first-order chi connectivity index (χ1) is 13.0. The van der Waals surface area contributed by atoms with Gasteiger partial charge in [0.05, 0.1) is 32.0 Å². The van der Waals surface area contributed by atoms with E-state index < -0.39 is 16.7 Å². The molecule has 0 fully saturated rings. The predicted molar refractivity (Wildman–Crippen MR) is 105 cm³/mol. The molecule has 0 saturated heterocycles. The van der Waals surface area contributed by atoms with Crippen LogP contribution in [-0.4, -0.2) is 27.5 Å². The fourth-order valence-corrected chi connectivity index (χ4v) is 4.89. The van der Waals surface area contributed by atoms with Gasteiger partial charge in [0.15, 0.2) is 4.34 Å². The second kappa shape index (κ2) is 6.75. The first-order valence-electron chi connectivity index (χ1n) is 8.20. The van der Waals surface area contributed by atoms with E-state index in [0.717, 1.165) is 37.7 Å². The summed E-state index contributed by atoms with van der Waals surface area (Å²) < 4.78 is 1.83. The quantitative estimate of drug-likeness (QED) is 0.271. The van der Waals surface area contributed by atoms with Crippen molar-refractivity contribution in [3.8, 4) is 0 Å². The maximum atomic E-state index is 12.7. The van der Waals surface area contributed by atoms with Crippen LogP contribution in [0.3, 0.4) is 0 Å². The van der Waals surface area contributed by atoms with Crippen LogP contribution in [-0.2, 0) is 0 Å². The molecular weight excluding hydrogens is 386 g/mol. The van der Waals surface area contributed by atoms with Gasteiger partial charge in [0, 0.05) is 17.9 Å². The fraction of sp³-hybridized carbons (Fsp3) is 0.167. The van der Waals surface area contributed by atoms with E-state index in [-0.39, 0.29) is 16.8 Å². The van der Waals surface area contributed by atoms with Crippen molar-refractivity contribution in [2.24, 2.45) is 0 Å². The van der Waals surface area contributed by atoms with Crippen molar-refractivity contribution in [1.82, 2.24) is 4.98 Å². The number of carbonyl (C=O) groups is 2. The SMILES string of the molecule is CCCSc1nc2ccc(N3C(=O)c4ccc([N+](=O)[O-])cc4C3=O)cc2s1. The fourth-order valence-electron chi connectivity index (χ4n) is 2.86. The van der Waals surface area contributed by atoms with Crippen LogP contribution in [0.5, 0.6) is 0 Å². The van der Waals surface area contributed by atoms with Crippen LogP contribution in [0.2, 0.25) is 0 Å². The maximum absolute atomic E-state index is 12.7. The van der Waals surface area contributed by atoms with E-state index in [9.17, 15) is 19.7 Å². The number of nitrogens with zero attached hydrogens (tertiary/aromatic N) is 3. The zero-order valence-electron chi connectivity index (χ0n) is 14.2. The van der Waals surface area contributed by atoms with Crippen molar-refractivity contribution >= 4 is 56.5 Å². The van der Waals surface area contributed by atoms with Crippen molar-refractivity contribution in [3.05, 3.63) is 57.6 Å². The molecule has 3 aromatic rings. The summed E-state index contributed by atoms with van der Waals surface area (Å²) in [5, 5.41) is 11.0. The Labute approximate surface area is 162 Å². The highest BCUT2D eigenvalue weighted by Crippen LogP contribution is 2.35. The molecule has 1 aliphatic heterocycles. The van der Waals surface area contributed by atoms with Gasteiger partial charge in [-0.15, -0.1) is 11.3 Å². The minimum atomic E-state index is -0.584. The van der Waals surface area contributed by atoms with E-state index in [0.29, 0.717) is 5.69 Å².